The number of carbonyl (C=O) groups excluding carboxylic acids is 2. The zero-order chi connectivity index (χ0) is 20.5. The number of aliphatic hydroxyl groups is 1. The Hall–Kier alpha value is -3.08. The first-order valence-corrected chi connectivity index (χ1v) is 9.60. The molecule has 1 unspecified atom stereocenters. The fourth-order valence-corrected chi connectivity index (χ4v) is 3.66. The van der Waals surface area contributed by atoms with E-state index in [-0.39, 0.29) is 11.3 Å². The number of amides is 1. The van der Waals surface area contributed by atoms with Crippen LogP contribution >= 0.6 is 23.2 Å². The van der Waals surface area contributed by atoms with E-state index in [1.165, 1.54) is 4.90 Å². The van der Waals surface area contributed by atoms with E-state index in [0.717, 1.165) is 0 Å². The number of hydrogen-bond acceptors (Lipinski definition) is 3. The minimum atomic E-state index is -0.787. The van der Waals surface area contributed by atoms with Crippen LogP contribution in [0.5, 0.6) is 0 Å². The molecule has 1 aliphatic rings. The van der Waals surface area contributed by atoms with Crippen LogP contribution in [0.1, 0.15) is 17.2 Å². The summed E-state index contributed by atoms with van der Waals surface area (Å²) < 4.78 is 0. The van der Waals surface area contributed by atoms with Gasteiger partial charge in [0.25, 0.3) is 11.7 Å². The Balaban J connectivity index is 1.94. The van der Waals surface area contributed by atoms with Crippen molar-refractivity contribution in [3.05, 3.63) is 106 Å². The van der Waals surface area contributed by atoms with E-state index < -0.39 is 17.7 Å². The zero-order valence-corrected chi connectivity index (χ0v) is 16.6. The van der Waals surface area contributed by atoms with Gasteiger partial charge in [0, 0.05) is 21.3 Å². The fourth-order valence-electron chi connectivity index (χ4n) is 3.41. The molecule has 0 aromatic heterocycles. The van der Waals surface area contributed by atoms with Crippen molar-refractivity contribution in [3.63, 3.8) is 0 Å². The van der Waals surface area contributed by atoms with E-state index in [1.54, 1.807) is 72.8 Å². The summed E-state index contributed by atoms with van der Waals surface area (Å²) >= 11 is 11.9. The Morgan fingerprint density at radius 2 is 1.34 bits per heavy atom. The Bertz CT molecular complexity index is 1110. The minimum absolute atomic E-state index is 0.0171. The SMILES string of the molecule is O=C1C(=O)N(c2ccccc2)C(c2ccc(Cl)cc2)/C1=C(/O)c1ccc(Cl)cc1. The quantitative estimate of drug-likeness (QED) is 0.337. The van der Waals surface area contributed by atoms with Gasteiger partial charge in [-0.15, -0.1) is 0 Å². The van der Waals surface area contributed by atoms with Crippen LogP contribution < -0.4 is 4.90 Å². The maximum Gasteiger partial charge on any atom is 0.300 e. The number of benzene rings is 3. The molecule has 29 heavy (non-hydrogen) atoms. The van der Waals surface area contributed by atoms with Crippen LogP contribution in [0.15, 0.2) is 84.4 Å². The number of anilines is 1. The molecule has 1 heterocycles. The molecule has 1 fully saturated rings. The molecule has 3 aromatic carbocycles. The molecule has 0 saturated carbocycles. The van der Waals surface area contributed by atoms with Crippen molar-refractivity contribution < 1.29 is 14.7 Å². The van der Waals surface area contributed by atoms with Crippen molar-refractivity contribution in [1.29, 1.82) is 0 Å². The van der Waals surface area contributed by atoms with Crippen molar-refractivity contribution in [3.8, 4) is 0 Å². The number of hydrogen-bond donors (Lipinski definition) is 1. The summed E-state index contributed by atoms with van der Waals surface area (Å²) in [5, 5.41) is 12.0. The van der Waals surface area contributed by atoms with Gasteiger partial charge in [-0.3, -0.25) is 14.5 Å². The number of ketones is 1. The van der Waals surface area contributed by atoms with E-state index in [2.05, 4.69) is 0 Å². The summed E-state index contributed by atoms with van der Waals surface area (Å²) in [6, 6.07) is 21.4. The molecule has 1 amide bonds. The van der Waals surface area contributed by atoms with E-state index in [9.17, 15) is 14.7 Å². The molecule has 0 spiro atoms. The van der Waals surface area contributed by atoms with Gasteiger partial charge >= 0.3 is 0 Å². The molecule has 1 atom stereocenters. The number of para-hydroxylation sites is 1. The van der Waals surface area contributed by atoms with E-state index in [4.69, 9.17) is 23.2 Å². The van der Waals surface area contributed by atoms with Crippen LogP contribution in [0.4, 0.5) is 5.69 Å². The van der Waals surface area contributed by atoms with Crippen molar-refractivity contribution in [2.24, 2.45) is 0 Å². The summed E-state index contributed by atoms with van der Waals surface area (Å²) in [5.41, 5.74) is 1.64. The highest BCUT2D eigenvalue weighted by Gasteiger charge is 2.46. The number of Topliss-reactive ketones (excluding diaryl/α,β-unsaturated/α-hetero) is 1. The average Bonchev–Trinajstić information content (AvgIpc) is 3.00. The lowest BCUT2D eigenvalue weighted by atomic mass is 9.95. The topological polar surface area (TPSA) is 57.6 Å². The van der Waals surface area contributed by atoms with Crippen molar-refractivity contribution >= 4 is 46.3 Å². The van der Waals surface area contributed by atoms with Gasteiger partial charge in [0.1, 0.15) is 5.76 Å². The minimum Gasteiger partial charge on any atom is -0.507 e. The van der Waals surface area contributed by atoms with Crippen LogP contribution in [0.25, 0.3) is 5.76 Å². The van der Waals surface area contributed by atoms with Gasteiger partial charge in [-0.2, -0.15) is 0 Å². The lowest BCUT2D eigenvalue weighted by molar-refractivity contribution is -0.132. The fraction of sp³-hybridized carbons (Fsp3) is 0.0435. The maximum atomic E-state index is 13.0. The third-order valence-corrected chi connectivity index (χ3v) is 5.29. The van der Waals surface area contributed by atoms with Gasteiger partial charge in [-0.25, -0.2) is 0 Å². The smallest absolute Gasteiger partial charge is 0.300 e. The lowest BCUT2D eigenvalue weighted by Crippen LogP contribution is -2.29. The Morgan fingerprint density at radius 3 is 1.93 bits per heavy atom. The monoisotopic (exact) mass is 423 g/mol. The summed E-state index contributed by atoms with van der Waals surface area (Å²) in [6.07, 6.45) is 0. The first-order chi connectivity index (χ1) is 14.0. The number of halogens is 2. The molecule has 4 nitrogen and oxygen atoms in total. The van der Waals surface area contributed by atoms with Crippen LogP contribution in [0.2, 0.25) is 10.0 Å². The van der Waals surface area contributed by atoms with Gasteiger partial charge in [0.2, 0.25) is 0 Å². The summed E-state index contributed by atoms with van der Waals surface area (Å²) in [7, 11) is 0. The van der Waals surface area contributed by atoms with Gasteiger partial charge in [-0.05, 0) is 54.1 Å². The molecule has 1 aliphatic heterocycles. The Labute approximate surface area is 177 Å². The lowest BCUT2D eigenvalue weighted by Gasteiger charge is -2.25. The summed E-state index contributed by atoms with van der Waals surface area (Å²) in [5.74, 6) is -1.70. The molecule has 6 heteroatoms. The standard InChI is InChI=1S/C23H15Cl2NO3/c24-16-10-6-14(7-11-16)20-19(21(27)15-8-12-17(25)13-9-15)22(28)23(29)26(20)18-4-2-1-3-5-18/h1-13,20,27H/b21-19-. The highest BCUT2D eigenvalue weighted by Crippen LogP contribution is 2.42. The van der Waals surface area contributed by atoms with Crippen molar-refractivity contribution in [1.82, 2.24) is 0 Å². The molecule has 1 N–H and O–H groups in total. The summed E-state index contributed by atoms with van der Waals surface area (Å²) in [6.45, 7) is 0. The Kier molecular flexibility index (Phi) is 5.14. The molecule has 0 aliphatic carbocycles. The van der Waals surface area contributed by atoms with Crippen LogP contribution in [-0.2, 0) is 9.59 Å². The van der Waals surface area contributed by atoms with Crippen molar-refractivity contribution in [2.75, 3.05) is 4.90 Å². The second-order valence-electron chi connectivity index (χ2n) is 6.56. The predicted molar refractivity (Wildman–Crippen MR) is 114 cm³/mol. The molecular formula is C23H15Cl2NO3. The largest absolute Gasteiger partial charge is 0.507 e. The third kappa shape index (κ3) is 3.53. The van der Waals surface area contributed by atoms with E-state index in [0.29, 0.717) is 26.9 Å². The van der Waals surface area contributed by atoms with Crippen LogP contribution in [-0.4, -0.2) is 16.8 Å². The van der Waals surface area contributed by atoms with Crippen molar-refractivity contribution in [2.45, 2.75) is 6.04 Å². The normalized spacial score (nSPS) is 18.3. The predicted octanol–water partition coefficient (Wildman–Crippen LogP) is 5.62. The second-order valence-corrected chi connectivity index (χ2v) is 7.44. The Morgan fingerprint density at radius 1 is 0.793 bits per heavy atom. The molecule has 3 aromatic rings. The molecule has 1 saturated heterocycles. The van der Waals surface area contributed by atoms with Crippen LogP contribution in [0.3, 0.4) is 0 Å². The van der Waals surface area contributed by atoms with E-state index >= 15 is 0 Å². The number of nitrogens with zero attached hydrogens (tertiary/aromatic N) is 1. The summed E-state index contributed by atoms with van der Waals surface area (Å²) in [4.78, 5) is 27.3. The number of aliphatic hydroxyl groups excluding tert-OH is 1. The first-order valence-electron chi connectivity index (χ1n) is 8.85. The molecule has 144 valence electrons. The molecule has 0 bridgehead atoms. The molecule has 0 radical (unpaired) electrons. The van der Waals surface area contributed by atoms with Gasteiger partial charge in [-0.1, -0.05) is 53.5 Å². The third-order valence-electron chi connectivity index (χ3n) is 4.78. The number of carbonyl (C=O) groups is 2. The first kappa shape index (κ1) is 19.2. The van der Waals surface area contributed by atoms with Gasteiger partial charge in [0.05, 0.1) is 11.6 Å². The van der Waals surface area contributed by atoms with E-state index in [1.807, 2.05) is 6.07 Å². The van der Waals surface area contributed by atoms with Gasteiger partial charge < -0.3 is 5.11 Å². The molecule has 4 rings (SSSR count). The molecular weight excluding hydrogens is 409 g/mol. The highest BCUT2D eigenvalue weighted by atomic mass is 35.5. The zero-order valence-electron chi connectivity index (χ0n) is 15.0. The maximum absolute atomic E-state index is 13.0. The highest BCUT2D eigenvalue weighted by molar-refractivity contribution is 6.51. The number of rotatable bonds is 3. The van der Waals surface area contributed by atoms with Gasteiger partial charge in [0.15, 0.2) is 0 Å². The van der Waals surface area contributed by atoms with Crippen LogP contribution in [0, 0.1) is 0 Å². The second kappa shape index (κ2) is 7.74. The average molecular weight is 424 g/mol.